The van der Waals surface area contributed by atoms with Crippen LogP contribution in [0.3, 0.4) is 0 Å². The van der Waals surface area contributed by atoms with Crippen LogP contribution in [0, 0.1) is 6.92 Å². The van der Waals surface area contributed by atoms with Gasteiger partial charge in [-0.25, -0.2) is 0 Å². The zero-order chi connectivity index (χ0) is 24.5. The molecule has 0 bridgehead atoms. The number of aryl methyl sites for hydroxylation is 1. The van der Waals surface area contributed by atoms with Crippen molar-refractivity contribution in [1.82, 2.24) is 20.1 Å². The van der Waals surface area contributed by atoms with E-state index in [1.165, 1.54) is 17.3 Å². The maximum Gasteiger partial charge on any atom is 0.230 e. The van der Waals surface area contributed by atoms with Gasteiger partial charge in [-0.1, -0.05) is 96.2 Å². The lowest BCUT2D eigenvalue weighted by Crippen LogP contribution is -2.31. The zero-order valence-corrected chi connectivity index (χ0v) is 20.9. The Kier molecular flexibility index (Phi) is 8.70. The molecule has 1 atom stereocenters. The second kappa shape index (κ2) is 12.3. The van der Waals surface area contributed by atoms with Crippen molar-refractivity contribution in [3.8, 4) is 11.4 Å². The van der Waals surface area contributed by atoms with Crippen molar-refractivity contribution in [3.63, 3.8) is 0 Å². The Labute approximate surface area is 210 Å². The first-order chi connectivity index (χ1) is 17.1. The molecule has 3 aromatic carbocycles. The molecule has 1 amide bonds. The Morgan fingerprint density at radius 2 is 1.74 bits per heavy atom. The Morgan fingerprint density at radius 1 is 1.00 bits per heavy atom. The Bertz CT molecular complexity index is 1230. The molecule has 1 aromatic heterocycles. The number of aromatic nitrogens is 3. The van der Waals surface area contributed by atoms with Crippen molar-refractivity contribution in [2.24, 2.45) is 0 Å². The van der Waals surface area contributed by atoms with E-state index in [1.54, 1.807) is 7.11 Å². The first-order valence-corrected chi connectivity index (χ1v) is 12.6. The van der Waals surface area contributed by atoms with Gasteiger partial charge in [0.15, 0.2) is 11.0 Å². The summed E-state index contributed by atoms with van der Waals surface area (Å²) in [5.74, 6) is 0.981. The standard InChI is InChI=1S/C28H30N4O2S/c1-21-10-9-15-24(18-21)27-30-31-28(32(27)16-17-34-2)35-20-26(33)29-25(23-13-7-4-8-14-23)19-22-11-5-3-6-12-22/h3-15,18,25H,16-17,19-20H2,1-2H3,(H,29,33). The van der Waals surface area contributed by atoms with E-state index in [-0.39, 0.29) is 17.7 Å². The zero-order valence-electron chi connectivity index (χ0n) is 20.1. The predicted molar refractivity (Wildman–Crippen MR) is 140 cm³/mol. The number of rotatable bonds is 11. The number of nitrogens with one attached hydrogen (secondary N) is 1. The fourth-order valence-electron chi connectivity index (χ4n) is 3.93. The maximum atomic E-state index is 13.0. The van der Waals surface area contributed by atoms with Crippen molar-refractivity contribution in [1.29, 1.82) is 0 Å². The lowest BCUT2D eigenvalue weighted by Gasteiger charge is -2.19. The van der Waals surface area contributed by atoms with Gasteiger partial charge in [0.25, 0.3) is 0 Å². The third-order valence-corrected chi connectivity index (χ3v) is 6.63. The van der Waals surface area contributed by atoms with Crippen LogP contribution in [0.5, 0.6) is 0 Å². The fraction of sp³-hybridized carbons (Fsp3) is 0.250. The minimum Gasteiger partial charge on any atom is -0.383 e. The van der Waals surface area contributed by atoms with Crippen LogP contribution in [0.2, 0.25) is 0 Å². The van der Waals surface area contributed by atoms with E-state index in [2.05, 4.69) is 58.8 Å². The quantitative estimate of drug-likeness (QED) is 0.299. The van der Waals surface area contributed by atoms with E-state index in [0.717, 1.165) is 28.9 Å². The van der Waals surface area contributed by atoms with E-state index in [0.29, 0.717) is 18.3 Å². The highest BCUT2D eigenvalue weighted by Gasteiger charge is 2.18. The first-order valence-electron chi connectivity index (χ1n) is 11.6. The number of carbonyl (C=O) groups is 1. The minimum atomic E-state index is -0.110. The van der Waals surface area contributed by atoms with Crippen LogP contribution in [0.4, 0.5) is 0 Å². The van der Waals surface area contributed by atoms with Gasteiger partial charge in [-0.15, -0.1) is 10.2 Å². The Hall–Kier alpha value is -3.42. The summed E-state index contributed by atoms with van der Waals surface area (Å²) in [6.07, 6.45) is 0.725. The van der Waals surface area contributed by atoms with E-state index >= 15 is 0 Å². The summed E-state index contributed by atoms with van der Waals surface area (Å²) in [6, 6.07) is 28.4. The highest BCUT2D eigenvalue weighted by Crippen LogP contribution is 2.25. The molecule has 0 spiro atoms. The summed E-state index contributed by atoms with van der Waals surface area (Å²) in [4.78, 5) is 13.0. The monoisotopic (exact) mass is 486 g/mol. The average molecular weight is 487 g/mol. The molecule has 0 saturated carbocycles. The molecule has 1 N–H and O–H groups in total. The lowest BCUT2D eigenvalue weighted by molar-refractivity contribution is -0.119. The Morgan fingerprint density at radius 3 is 2.46 bits per heavy atom. The highest BCUT2D eigenvalue weighted by atomic mass is 32.2. The summed E-state index contributed by atoms with van der Waals surface area (Å²) >= 11 is 1.39. The van der Waals surface area contributed by atoms with Crippen molar-refractivity contribution in [3.05, 3.63) is 102 Å². The molecular formula is C28H30N4O2S. The number of hydrogen-bond donors (Lipinski definition) is 1. The molecule has 7 heteroatoms. The average Bonchev–Trinajstić information content (AvgIpc) is 3.29. The molecule has 0 fully saturated rings. The molecule has 180 valence electrons. The largest absolute Gasteiger partial charge is 0.383 e. The number of methoxy groups -OCH3 is 1. The third kappa shape index (κ3) is 6.81. The molecule has 6 nitrogen and oxygen atoms in total. The van der Waals surface area contributed by atoms with E-state index in [4.69, 9.17) is 4.74 Å². The number of amides is 1. The smallest absolute Gasteiger partial charge is 0.230 e. The van der Waals surface area contributed by atoms with Crippen LogP contribution in [0.1, 0.15) is 22.7 Å². The van der Waals surface area contributed by atoms with E-state index in [1.807, 2.05) is 53.1 Å². The lowest BCUT2D eigenvalue weighted by atomic mass is 9.99. The van der Waals surface area contributed by atoms with Gasteiger partial charge in [0.2, 0.25) is 5.91 Å². The number of benzene rings is 3. The number of hydrogen-bond acceptors (Lipinski definition) is 5. The minimum absolute atomic E-state index is 0.0434. The van der Waals surface area contributed by atoms with Crippen LogP contribution >= 0.6 is 11.8 Å². The number of ether oxygens (including phenoxy) is 1. The van der Waals surface area contributed by atoms with E-state index < -0.39 is 0 Å². The SMILES string of the molecule is COCCn1c(SCC(=O)NC(Cc2ccccc2)c2ccccc2)nnc1-c1cccc(C)c1. The molecule has 35 heavy (non-hydrogen) atoms. The second-order valence-corrected chi connectivity index (χ2v) is 9.27. The highest BCUT2D eigenvalue weighted by molar-refractivity contribution is 7.99. The van der Waals surface area contributed by atoms with Gasteiger partial charge < -0.3 is 10.1 Å². The topological polar surface area (TPSA) is 69.0 Å². The molecule has 1 unspecified atom stereocenters. The van der Waals surface area contributed by atoms with Gasteiger partial charge in [-0.2, -0.15) is 0 Å². The fourth-order valence-corrected chi connectivity index (χ4v) is 4.71. The molecule has 1 heterocycles. The summed E-state index contributed by atoms with van der Waals surface area (Å²) in [5.41, 5.74) is 4.41. The van der Waals surface area contributed by atoms with Gasteiger partial charge in [-0.3, -0.25) is 9.36 Å². The molecule has 4 aromatic rings. The number of nitrogens with zero attached hydrogens (tertiary/aromatic N) is 3. The summed E-state index contributed by atoms with van der Waals surface area (Å²) in [6.45, 7) is 3.19. The van der Waals surface area contributed by atoms with Gasteiger partial charge in [-0.05, 0) is 30.5 Å². The second-order valence-electron chi connectivity index (χ2n) is 8.33. The number of carbonyl (C=O) groups excluding carboxylic acids is 1. The molecule has 0 saturated heterocycles. The predicted octanol–water partition coefficient (Wildman–Crippen LogP) is 5.09. The molecule has 4 rings (SSSR count). The normalized spacial score (nSPS) is 11.8. The summed E-state index contributed by atoms with van der Waals surface area (Å²) in [7, 11) is 1.67. The third-order valence-electron chi connectivity index (χ3n) is 5.66. The van der Waals surface area contributed by atoms with Gasteiger partial charge >= 0.3 is 0 Å². The first kappa shape index (κ1) is 24.7. The van der Waals surface area contributed by atoms with Crippen molar-refractivity contribution in [2.75, 3.05) is 19.5 Å². The van der Waals surface area contributed by atoms with Crippen LogP contribution in [0.25, 0.3) is 11.4 Å². The summed E-state index contributed by atoms with van der Waals surface area (Å²) in [5, 5.41) is 12.7. The molecule has 0 aliphatic heterocycles. The van der Waals surface area contributed by atoms with Crippen LogP contribution in [-0.4, -0.2) is 40.1 Å². The van der Waals surface area contributed by atoms with E-state index in [9.17, 15) is 4.79 Å². The maximum absolute atomic E-state index is 13.0. The van der Waals surface area contributed by atoms with Gasteiger partial charge in [0.1, 0.15) is 0 Å². The van der Waals surface area contributed by atoms with Crippen LogP contribution in [0.15, 0.2) is 90.1 Å². The molecule has 0 aliphatic rings. The number of thioether (sulfide) groups is 1. The van der Waals surface area contributed by atoms with Gasteiger partial charge in [0.05, 0.1) is 24.9 Å². The van der Waals surface area contributed by atoms with Crippen LogP contribution < -0.4 is 5.32 Å². The van der Waals surface area contributed by atoms with Crippen molar-refractivity contribution >= 4 is 17.7 Å². The van der Waals surface area contributed by atoms with Gasteiger partial charge in [0, 0.05) is 12.7 Å². The van der Waals surface area contributed by atoms with Crippen molar-refractivity contribution < 1.29 is 9.53 Å². The molecule has 0 aliphatic carbocycles. The Balaban J connectivity index is 1.47. The molecule has 0 radical (unpaired) electrons. The van der Waals surface area contributed by atoms with Crippen molar-refractivity contribution in [2.45, 2.75) is 31.1 Å². The molecular weight excluding hydrogens is 456 g/mol. The summed E-state index contributed by atoms with van der Waals surface area (Å²) < 4.78 is 7.33. The van der Waals surface area contributed by atoms with Crippen LogP contribution in [-0.2, 0) is 22.5 Å².